The van der Waals surface area contributed by atoms with Gasteiger partial charge < -0.3 is 0 Å². The van der Waals surface area contributed by atoms with E-state index in [-0.39, 0.29) is 19.6 Å². The Morgan fingerprint density at radius 1 is 0.276 bits per heavy atom. The minimum Gasteiger partial charge on any atom is -0.300 e. The smallest absolute Gasteiger partial charge is 0.207 e. The van der Waals surface area contributed by atoms with Gasteiger partial charge in [0, 0.05) is 25.7 Å². The molecule has 5 aromatic rings. The molecule has 0 aliphatic heterocycles. The summed E-state index contributed by atoms with van der Waals surface area (Å²) in [6.07, 6.45) is 13.0. The summed E-state index contributed by atoms with van der Waals surface area (Å²) in [4.78, 5) is 16.6. The highest BCUT2D eigenvalue weighted by Gasteiger charge is 2.37. The Morgan fingerprint density at radius 2 is 0.466 bits per heavy atom. The third-order valence-electron chi connectivity index (χ3n) is 9.70. The van der Waals surface area contributed by atoms with Gasteiger partial charge in [-0.2, -0.15) is 0 Å². The van der Waals surface area contributed by atoms with E-state index in [1.807, 2.05) is 0 Å². The van der Waals surface area contributed by atoms with Crippen molar-refractivity contribution in [3.8, 4) is 0 Å². The van der Waals surface area contributed by atoms with Crippen LogP contribution in [0.15, 0.2) is 173 Å². The number of Topliss-reactive ketones (excluding diaryl/α,β-unsaturated/α-hetero) is 2. The first-order valence-electron chi connectivity index (χ1n) is 19.1. The van der Waals surface area contributed by atoms with Crippen LogP contribution in [0.3, 0.4) is 0 Å². The second-order valence-electron chi connectivity index (χ2n) is 13.9. The quantitative estimate of drug-likeness (QED) is 0.137. The minimum absolute atomic E-state index is 0.309. The molecule has 58 heavy (non-hydrogen) atoms. The van der Waals surface area contributed by atoms with Crippen LogP contribution in [0.5, 0.6) is 0 Å². The lowest BCUT2D eigenvalue weighted by Gasteiger charge is -2.18. The van der Waals surface area contributed by atoms with Gasteiger partial charge in [-0.1, -0.05) is 98.5 Å². The Morgan fingerprint density at radius 3 is 0.655 bits per heavy atom. The first-order chi connectivity index (χ1) is 27.7. The van der Waals surface area contributed by atoms with E-state index in [1.54, 1.807) is 24.3 Å². The zero-order chi connectivity index (χ0) is 41.8. The Kier molecular flexibility index (Phi) is 15.1. The number of ketones is 2. The van der Waals surface area contributed by atoms with Gasteiger partial charge in [-0.3, -0.25) is 9.59 Å². The van der Waals surface area contributed by atoms with Gasteiger partial charge in [-0.25, -0.2) is 33.7 Å². The molecule has 5 aromatic carbocycles. The molecule has 0 heterocycles. The van der Waals surface area contributed by atoms with Crippen molar-refractivity contribution < 1.29 is 43.3 Å². The molecule has 0 saturated heterocycles. The van der Waals surface area contributed by atoms with Crippen LogP contribution in [0.25, 0.3) is 0 Å². The standard InChI is InChI=1S/C30H22O8S4.2C7H12O/c31-39(32,23-13-5-1-6-14-23)27-21-29(41(35,36)25-17-9-3-10-18-25)30(42(37,38)26-19-11-4-12-20-26)22-28(27)40(33,34)24-15-7-2-8-16-24;2*8-7-5-3-1-2-4-6-7/h1-22H;2*1-6H2. The van der Waals surface area contributed by atoms with Crippen LogP contribution in [0.4, 0.5) is 0 Å². The molecule has 0 bridgehead atoms. The molecule has 2 fully saturated rings. The molecular weight excluding hydrogens is 817 g/mol. The molecular formula is C44H46O10S4. The number of rotatable bonds is 8. The Balaban J connectivity index is 0.000000330. The zero-order valence-corrected chi connectivity index (χ0v) is 35.2. The van der Waals surface area contributed by atoms with Crippen LogP contribution in [0.2, 0.25) is 0 Å². The molecule has 0 aromatic heterocycles. The molecule has 14 heteroatoms. The minimum atomic E-state index is -4.69. The summed E-state index contributed by atoms with van der Waals surface area (Å²) in [7, 11) is -18.8. The molecule has 2 aliphatic rings. The lowest BCUT2D eigenvalue weighted by molar-refractivity contribution is -0.119. The highest BCUT2D eigenvalue weighted by Crippen LogP contribution is 2.40. The predicted octanol–water partition coefficient (Wildman–Crippen LogP) is 8.84. The second kappa shape index (κ2) is 19.8. The fourth-order valence-corrected chi connectivity index (χ4v) is 13.4. The summed E-state index contributed by atoms with van der Waals surface area (Å²) < 4.78 is 112. The van der Waals surface area contributed by atoms with E-state index in [0.717, 1.165) is 51.4 Å². The van der Waals surface area contributed by atoms with Gasteiger partial charge in [0.05, 0.1) is 39.2 Å². The molecule has 0 unspecified atom stereocenters. The molecule has 0 N–H and O–H groups in total. The topological polar surface area (TPSA) is 171 Å². The summed E-state index contributed by atoms with van der Waals surface area (Å²) in [6, 6.07) is 28.7. The van der Waals surface area contributed by atoms with E-state index >= 15 is 0 Å². The van der Waals surface area contributed by atoms with Crippen molar-refractivity contribution in [3.05, 3.63) is 133 Å². The first kappa shape index (κ1) is 44.3. The zero-order valence-electron chi connectivity index (χ0n) is 31.9. The lowest BCUT2D eigenvalue weighted by atomic mass is 10.2. The molecule has 10 nitrogen and oxygen atoms in total. The number of benzene rings is 5. The molecule has 0 atom stereocenters. The molecule has 306 valence electrons. The monoisotopic (exact) mass is 862 g/mol. The van der Waals surface area contributed by atoms with Gasteiger partial charge in [0.15, 0.2) is 0 Å². The lowest BCUT2D eigenvalue weighted by Crippen LogP contribution is -2.17. The SMILES string of the molecule is O=C1CCCCCC1.O=C1CCCCCC1.O=S(=O)(c1ccccc1)c1cc(S(=O)(=O)c2ccccc2)c(S(=O)(=O)c2ccccc2)cc1S(=O)(=O)c1ccccc1. The maximum absolute atomic E-state index is 14.0. The van der Waals surface area contributed by atoms with E-state index in [1.165, 1.54) is 123 Å². The normalized spacial score (nSPS) is 15.4. The average molecular weight is 863 g/mol. The van der Waals surface area contributed by atoms with Gasteiger partial charge in [0.1, 0.15) is 11.6 Å². The molecule has 0 spiro atoms. The van der Waals surface area contributed by atoms with Crippen LogP contribution in [-0.4, -0.2) is 45.2 Å². The summed E-state index contributed by atoms with van der Waals surface area (Å²) in [6.45, 7) is 0. The number of carbonyl (C=O) groups is 2. The highest BCUT2D eigenvalue weighted by atomic mass is 32.2. The van der Waals surface area contributed by atoms with Gasteiger partial charge in [0.25, 0.3) is 0 Å². The number of hydrogen-bond donors (Lipinski definition) is 0. The van der Waals surface area contributed by atoms with E-state index < -0.39 is 58.9 Å². The van der Waals surface area contributed by atoms with Gasteiger partial charge >= 0.3 is 0 Å². The number of carbonyl (C=O) groups excluding carboxylic acids is 2. The van der Waals surface area contributed by atoms with Crippen LogP contribution < -0.4 is 0 Å². The van der Waals surface area contributed by atoms with Gasteiger partial charge in [-0.05, 0) is 86.3 Å². The Labute approximate surface area is 342 Å². The Hall–Kier alpha value is -4.76. The third kappa shape index (κ3) is 10.8. The van der Waals surface area contributed by atoms with Gasteiger partial charge in [-0.15, -0.1) is 0 Å². The summed E-state index contributed by atoms with van der Waals surface area (Å²) >= 11 is 0. The predicted molar refractivity (Wildman–Crippen MR) is 219 cm³/mol. The van der Waals surface area contributed by atoms with Crippen molar-refractivity contribution in [2.45, 2.75) is 116 Å². The van der Waals surface area contributed by atoms with Crippen molar-refractivity contribution in [3.63, 3.8) is 0 Å². The van der Waals surface area contributed by atoms with E-state index in [4.69, 9.17) is 0 Å². The molecule has 0 radical (unpaired) electrons. The molecule has 2 aliphatic carbocycles. The summed E-state index contributed by atoms with van der Waals surface area (Å²) in [5.74, 6) is 0.949. The van der Waals surface area contributed by atoms with Gasteiger partial charge in [0.2, 0.25) is 39.3 Å². The maximum atomic E-state index is 14.0. The summed E-state index contributed by atoms with van der Waals surface area (Å²) in [5.41, 5.74) is 0. The fourth-order valence-electron chi connectivity index (χ4n) is 6.51. The van der Waals surface area contributed by atoms with E-state index in [0.29, 0.717) is 23.7 Å². The molecule has 0 amide bonds. The van der Waals surface area contributed by atoms with Crippen molar-refractivity contribution in [1.29, 1.82) is 0 Å². The van der Waals surface area contributed by atoms with E-state index in [2.05, 4.69) is 0 Å². The number of sulfone groups is 4. The molecule has 2 saturated carbocycles. The van der Waals surface area contributed by atoms with Crippen LogP contribution in [-0.2, 0) is 48.9 Å². The van der Waals surface area contributed by atoms with Crippen LogP contribution in [0, 0.1) is 0 Å². The highest BCUT2D eigenvalue weighted by molar-refractivity contribution is 7.95. The Bertz CT molecular complexity index is 2270. The van der Waals surface area contributed by atoms with Crippen molar-refractivity contribution in [1.82, 2.24) is 0 Å². The maximum Gasteiger partial charge on any atom is 0.207 e. The largest absolute Gasteiger partial charge is 0.300 e. The second-order valence-corrected chi connectivity index (χ2v) is 21.6. The van der Waals surface area contributed by atoms with Crippen molar-refractivity contribution >= 4 is 50.9 Å². The van der Waals surface area contributed by atoms with Crippen LogP contribution in [0.1, 0.15) is 77.0 Å². The van der Waals surface area contributed by atoms with E-state index in [9.17, 15) is 43.3 Å². The fraction of sp³-hybridized carbons (Fsp3) is 0.273. The number of hydrogen-bond acceptors (Lipinski definition) is 10. The summed E-state index contributed by atoms with van der Waals surface area (Å²) in [5, 5.41) is 0. The van der Waals surface area contributed by atoms with Crippen molar-refractivity contribution in [2.75, 3.05) is 0 Å². The van der Waals surface area contributed by atoms with Crippen LogP contribution >= 0.6 is 0 Å². The average Bonchev–Trinajstić information content (AvgIpc) is 3.65. The molecule has 7 rings (SSSR count). The van der Waals surface area contributed by atoms with Crippen molar-refractivity contribution in [2.24, 2.45) is 0 Å². The first-order valence-corrected chi connectivity index (χ1v) is 25.0. The third-order valence-corrected chi connectivity index (χ3v) is 17.2.